The first-order chi connectivity index (χ1) is 17.3. The minimum absolute atomic E-state index is 0.0530. The zero-order valence-corrected chi connectivity index (χ0v) is 22.5. The van der Waals surface area contributed by atoms with Gasteiger partial charge in [-0.15, -0.1) is 0 Å². The van der Waals surface area contributed by atoms with Gasteiger partial charge in [-0.2, -0.15) is 0 Å². The predicted molar refractivity (Wildman–Crippen MR) is 146 cm³/mol. The van der Waals surface area contributed by atoms with Gasteiger partial charge in [-0.25, -0.2) is 0 Å². The number of carbonyl (C=O) groups excluding carboxylic acids is 2. The van der Waals surface area contributed by atoms with Gasteiger partial charge in [0.2, 0.25) is 5.91 Å². The fourth-order valence-corrected chi connectivity index (χ4v) is 4.34. The van der Waals surface area contributed by atoms with E-state index in [4.69, 9.17) is 39.5 Å². The topological polar surface area (TPSA) is 58.6 Å². The van der Waals surface area contributed by atoms with Crippen LogP contribution < -0.4 is 10.1 Å². The molecule has 5 nitrogen and oxygen atoms in total. The zero-order valence-electron chi connectivity index (χ0n) is 20.3. The Morgan fingerprint density at radius 1 is 0.944 bits per heavy atom. The van der Waals surface area contributed by atoms with Crippen LogP contribution in [0.25, 0.3) is 0 Å². The molecule has 0 saturated carbocycles. The number of nitrogens with one attached hydrogen (secondary N) is 1. The molecule has 1 unspecified atom stereocenters. The number of hydrogen-bond acceptors (Lipinski definition) is 3. The molecule has 36 heavy (non-hydrogen) atoms. The van der Waals surface area contributed by atoms with Crippen molar-refractivity contribution in [3.63, 3.8) is 0 Å². The third-order valence-corrected chi connectivity index (χ3v) is 6.83. The smallest absolute Gasteiger partial charge is 0.261 e. The number of benzene rings is 3. The maximum absolute atomic E-state index is 13.6. The van der Waals surface area contributed by atoms with Crippen molar-refractivity contribution in [3.8, 4) is 5.75 Å². The maximum atomic E-state index is 13.6. The molecule has 190 valence electrons. The molecule has 0 bridgehead atoms. The van der Waals surface area contributed by atoms with Gasteiger partial charge in [0, 0.05) is 40.1 Å². The summed E-state index contributed by atoms with van der Waals surface area (Å²) in [4.78, 5) is 28.5. The molecule has 0 radical (unpaired) electrons. The number of aryl methyl sites for hydroxylation is 1. The van der Waals surface area contributed by atoms with E-state index in [0.717, 1.165) is 17.5 Å². The van der Waals surface area contributed by atoms with E-state index in [0.29, 0.717) is 39.3 Å². The quantitative estimate of drug-likeness (QED) is 0.298. The highest BCUT2D eigenvalue weighted by molar-refractivity contribution is 6.36. The van der Waals surface area contributed by atoms with Crippen molar-refractivity contribution < 1.29 is 14.3 Å². The van der Waals surface area contributed by atoms with Crippen LogP contribution in [0.3, 0.4) is 0 Å². The molecular formula is C28H29Cl3N2O3. The van der Waals surface area contributed by atoms with Gasteiger partial charge in [-0.05, 0) is 54.8 Å². The molecular weight excluding hydrogens is 519 g/mol. The number of amides is 2. The van der Waals surface area contributed by atoms with E-state index in [9.17, 15) is 9.59 Å². The first kappa shape index (κ1) is 27.9. The van der Waals surface area contributed by atoms with Crippen LogP contribution in [-0.2, 0) is 22.6 Å². The minimum atomic E-state index is -0.797. The summed E-state index contributed by atoms with van der Waals surface area (Å²) >= 11 is 19.0. The standard InChI is InChI=1S/C28H29Cl3N2O3/c1-3-14-32-28(35)26(16-20-8-5-4-6-9-20)33(17-22-24(30)10-7-11-25(22)31)27(34)18-36-21-12-13-23(29)19(2)15-21/h4-13,15,26H,3,14,16-18H2,1-2H3,(H,32,35). The number of hydrogen-bond donors (Lipinski definition) is 1. The fourth-order valence-electron chi connectivity index (χ4n) is 3.71. The van der Waals surface area contributed by atoms with Crippen molar-refractivity contribution in [2.75, 3.05) is 13.2 Å². The Hall–Kier alpha value is -2.73. The normalized spacial score (nSPS) is 11.6. The molecule has 3 aromatic rings. The van der Waals surface area contributed by atoms with Gasteiger partial charge in [0.05, 0.1) is 0 Å². The summed E-state index contributed by atoms with van der Waals surface area (Å²) in [5.41, 5.74) is 2.33. The minimum Gasteiger partial charge on any atom is -0.484 e. The molecule has 0 aliphatic carbocycles. The molecule has 0 aromatic heterocycles. The Kier molecular flexibility index (Phi) is 10.5. The average molecular weight is 548 g/mol. The third kappa shape index (κ3) is 7.63. The van der Waals surface area contributed by atoms with Gasteiger partial charge in [0.25, 0.3) is 5.91 Å². The monoisotopic (exact) mass is 546 g/mol. The predicted octanol–water partition coefficient (Wildman–Crippen LogP) is 6.50. The number of halogens is 3. The van der Waals surface area contributed by atoms with Crippen LogP contribution in [0.1, 0.15) is 30.0 Å². The number of nitrogens with zero attached hydrogens (tertiary/aromatic N) is 1. The Balaban J connectivity index is 1.94. The first-order valence-electron chi connectivity index (χ1n) is 11.7. The van der Waals surface area contributed by atoms with E-state index in [1.807, 2.05) is 44.2 Å². The van der Waals surface area contributed by atoms with Gasteiger partial charge >= 0.3 is 0 Å². The van der Waals surface area contributed by atoms with Crippen molar-refractivity contribution in [1.29, 1.82) is 0 Å². The number of ether oxygens (including phenoxy) is 1. The van der Waals surface area contributed by atoms with Crippen molar-refractivity contribution in [2.24, 2.45) is 0 Å². The van der Waals surface area contributed by atoms with Crippen molar-refractivity contribution in [1.82, 2.24) is 10.2 Å². The summed E-state index contributed by atoms with van der Waals surface area (Å²) in [5, 5.41) is 4.38. The lowest BCUT2D eigenvalue weighted by atomic mass is 10.0. The van der Waals surface area contributed by atoms with Gasteiger partial charge < -0.3 is 15.0 Å². The molecule has 0 fully saturated rings. The Morgan fingerprint density at radius 2 is 1.64 bits per heavy atom. The van der Waals surface area contributed by atoms with Crippen molar-refractivity contribution in [3.05, 3.63) is 98.5 Å². The van der Waals surface area contributed by atoms with Crippen LogP contribution in [0, 0.1) is 6.92 Å². The molecule has 3 rings (SSSR count). The van der Waals surface area contributed by atoms with Crippen LogP contribution in [0.2, 0.25) is 15.1 Å². The molecule has 2 amide bonds. The molecule has 3 aromatic carbocycles. The summed E-state index contributed by atoms with van der Waals surface area (Å²) < 4.78 is 5.80. The fraction of sp³-hybridized carbons (Fsp3) is 0.286. The van der Waals surface area contributed by atoms with Crippen LogP contribution in [0.4, 0.5) is 0 Å². The molecule has 0 saturated heterocycles. The SMILES string of the molecule is CCCNC(=O)C(Cc1ccccc1)N(Cc1c(Cl)cccc1Cl)C(=O)COc1ccc(Cl)c(C)c1. The Labute approximate surface area is 227 Å². The maximum Gasteiger partial charge on any atom is 0.261 e. The molecule has 1 N–H and O–H groups in total. The second kappa shape index (κ2) is 13.5. The van der Waals surface area contributed by atoms with E-state index < -0.39 is 6.04 Å². The van der Waals surface area contributed by atoms with Crippen LogP contribution in [-0.4, -0.2) is 35.9 Å². The second-order valence-electron chi connectivity index (χ2n) is 8.42. The highest BCUT2D eigenvalue weighted by atomic mass is 35.5. The molecule has 0 aliphatic rings. The molecule has 0 aliphatic heterocycles. The summed E-state index contributed by atoms with van der Waals surface area (Å²) in [6.07, 6.45) is 1.09. The molecule has 0 heterocycles. The van der Waals surface area contributed by atoms with Crippen molar-refractivity contribution in [2.45, 2.75) is 39.3 Å². The highest BCUT2D eigenvalue weighted by Gasteiger charge is 2.31. The second-order valence-corrected chi connectivity index (χ2v) is 9.64. The highest BCUT2D eigenvalue weighted by Crippen LogP contribution is 2.27. The average Bonchev–Trinajstić information content (AvgIpc) is 2.87. The zero-order chi connectivity index (χ0) is 26.1. The van der Waals surface area contributed by atoms with Crippen LogP contribution in [0.5, 0.6) is 5.75 Å². The van der Waals surface area contributed by atoms with Crippen molar-refractivity contribution >= 4 is 46.6 Å². The lowest BCUT2D eigenvalue weighted by molar-refractivity contribution is -0.142. The first-order valence-corrected chi connectivity index (χ1v) is 12.9. The molecule has 8 heteroatoms. The van der Waals surface area contributed by atoms with Crippen LogP contribution >= 0.6 is 34.8 Å². The summed E-state index contributed by atoms with van der Waals surface area (Å²) in [6, 6.07) is 19.1. The Bertz CT molecular complexity index is 1170. The van der Waals surface area contributed by atoms with E-state index in [1.54, 1.807) is 36.4 Å². The van der Waals surface area contributed by atoms with E-state index in [-0.39, 0.29) is 25.0 Å². The molecule has 0 spiro atoms. The largest absolute Gasteiger partial charge is 0.484 e. The number of rotatable bonds is 11. The summed E-state index contributed by atoms with van der Waals surface area (Å²) in [6.45, 7) is 4.12. The summed E-state index contributed by atoms with van der Waals surface area (Å²) in [5.74, 6) is -0.109. The van der Waals surface area contributed by atoms with E-state index >= 15 is 0 Å². The molecule has 1 atom stereocenters. The third-order valence-electron chi connectivity index (χ3n) is 5.70. The van der Waals surface area contributed by atoms with Gasteiger partial charge in [-0.1, -0.05) is 78.1 Å². The number of carbonyl (C=O) groups is 2. The lowest BCUT2D eigenvalue weighted by Gasteiger charge is -2.32. The lowest BCUT2D eigenvalue weighted by Crippen LogP contribution is -2.51. The van der Waals surface area contributed by atoms with Gasteiger partial charge in [0.15, 0.2) is 6.61 Å². The van der Waals surface area contributed by atoms with E-state index in [2.05, 4.69) is 5.32 Å². The van der Waals surface area contributed by atoms with Gasteiger partial charge in [0.1, 0.15) is 11.8 Å². The van der Waals surface area contributed by atoms with Crippen LogP contribution in [0.15, 0.2) is 66.7 Å². The Morgan fingerprint density at radius 3 is 2.28 bits per heavy atom. The summed E-state index contributed by atoms with van der Waals surface area (Å²) in [7, 11) is 0. The van der Waals surface area contributed by atoms with E-state index in [1.165, 1.54) is 4.90 Å². The van der Waals surface area contributed by atoms with Gasteiger partial charge in [-0.3, -0.25) is 9.59 Å².